The van der Waals surface area contributed by atoms with E-state index >= 15 is 0 Å². The molecule has 0 amide bonds. The van der Waals surface area contributed by atoms with Gasteiger partial charge in [-0.15, -0.1) is 11.3 Å². The number of fused-ring (bicyclic) bond motifs is 1. The number of anilines is 1. The number of rotatable bonds is 4. The van der Waals surface area contributed by atoms with Gasteiger partial charge >= 0.3 is 5.97 Å². The number of nitrogens with zero attached hydrogens (tertiary/aromatic N) is 2. The number of aryl methyl sites for hydroxylation is 1. The monoisotopic (exact) mass is 339 g/mol. The van der Waals surface area contributed by atoms with Gasteiger partial charge in [0.2, 0.25) is 0 Å². The molecule has 5 nitrogen and oxygen atoms in total. The van der Waals surface area contributed by atoms with Crippen LogP contribution in [-0.4, -0.2) is 22.5 Å². The van der Waals surface area contributed by atoms with E-state index in [9.17, 15) is 4.79 Å². The van der Waals surface area contributed by atoms with Crippen LogP contribution >= 0.6 is 11.3 Å². The minimum atomic E-state index is -0.311. The smallest absolute Gasteiger partial charge is 0.338 e. The van der Waals surface area contributed by atoms with E-state index in [-0.39, 0.29) is 5.97 Å². The number of nitrogens with two attached hydrogens (primary N) is 1. The van der Waals surface area contributed by atoms with Crippen molar-refractivity contribution in [3.05, 3.63) is 52.2 Å². The first kappa shape index (κ1) is 16.1. The normalized spacial score (nSPS) is 11.2. The van der Waals surface area contributed by atoms with Gasteiger partial charge in [-0.2, -0.15) is 0 Å². The number of hydrogen-bond donors (Lipinski definition) is 1. The largest absolute Gasteiger partial charge is 0.462 e. The average Bonchev–Trinajstić information content (AvgIpc) is 2.99. The van der Waals surface area contributed by atoms with Gasteiger partial charge < -0.3 is 10.5 Å². The van der Waals surface area contributed by atoms with Crippen molar-refractivity contribution in [1.29, 1.82) is 0 Å². The lowest BCUT2D eigenvalue weighted by Gasteiger charge is -2.05. The predicted molar refractivity (Wildman–Crippen MR) is 97.9 cm³/mol. The van der Waals surface area contributed by atoms with Crippen LogP contribution in [0, 0.1) is 6.92 Å². The van der Waals surface area contributed by atoms with Crippen molar-refractivity contribution in [3.63, 3.8) is 0 Å². The van der Waals surface area contributed by atoms with Crippen molar-refractivity contribution in [2.24, 2.45) is 0 Å². The Labute approximate surface area is 143 Å². The Morgan fingerprint density at radius 1 is 1.29 bits per heavy atom. The maximum Gasteiger partial charge on any atom is 0.338 e. The molecule has 122 valence electrons. The number of carbonyl (C=O) groups is 1. The number of ether oxygens (including phenoxy) is 1. The molecule has 0 aliphatic rings. The van der Waals surface area contributed by atoms with Crippen LogP contribution in [-0.2, 0) is 4.74 Å². The van der Waals surface area contributed by atoms with Crippen LogP contribution in [0.2, 0.25) is 0 Å². The Morgan fingerprint density at radius 3 is 2.88 bits per heavy atom. The third kappa shape index (κ3) is 3.14. The average molecular weight is 339 g/mol. The highest BCUT2D eigenvalue weighted by Gasteiger charge is 2.09. The standard InChI is InChI=1S/C18H17N3O2S/c1-3-23-18(22)13-5-4-11(2)12(8-13)6-7-14-9-24-16-15(14)20-10-21-17(16)19/h4-10H,3H2,1-2H3,(H2,19,20,21)/b7-6+. The molecule has 0 fully saturated rings. The summed E-state index contributed by atoms with van der Waals surface area (Å²) in [5.74, 6) is 0.179. The summed E-state index contributed by atoms with van der Waals surface area (Å²) in [7, 11) is 0. The first-order valence-electron chi connectivity index (χ1n) is 7.53. The van der Waals surface area contributed by atoms with Crippen LogP contribution in [0.25, 0.3) is 22.4 Å². The fraction of sp³-hybridized carbons (Fsp3) is 0.167. The molecule has 2 aromatic heterocycles. The van der Waals surface area contributed by atoms with Crippen molar-refractivity contribution in [2.75, 3.05) is 12.3 Å². The molecule has 3 aromatic rings. The van der Waals surface area contributed by atoms with Crippen LogP contribution in [0.4, 0.5) is 5.82 Å². The van der Waals surface area contributed by atoms with Gasteiger partial charge in [0.1, 0.15) is 12.1 Å². The lowest BCUT2D eigenvalue weighted by molar-refractivity contribution is 0.0526. The summed E-state index contributed by atoms with van der Waals surface area (Å²) < 4.78 is 5.94. The molecule has 1 aromatic carbocycles. The summed E-state index contributed by atoms with van der Waals surface area (Å²) >= 11 is 1.52. The van der Waals surface area contributed by atoms with Crippen molar-refractivity contribution in [2.45, 2.75) is 13.8 Å². The number of thiophene rings is 1. The van der Waals surface area contributed by atoms with E-state index in [4.69, 9.17) is 10.5 Å². The van der Waals surface area contributed by atoms with Crippen molar-refractivity contribution < 1.29 is 9.53 Å². The molecule has 0 spiro atoms. The molecule has 2 heterocycles. The zero-order chi connectivity index (χ0) is 17.1. The number of esters is 1. The molecule has 0 unspecified atom stereocenters. The van der Waals surface area contributed by atoms with E-state index in [0.29, 0.717) is 18.0 Å². The van der Waals surface area contributed by atoms with Gasteiger partial charge in [0.05, 0.1) is 22.4 Å². The van der Waals surface area contributed by atoms with Crippen LogP contribution < -0.4 is 5.73 Å². The van der Waals surface area contributed by atoms with E-state index in [1.807, 2.05) is 36.6 Å². The molecule has 0 aliphatic carbocycles. The zero-order valence-electron chi connectivity index (χ0n) is 13.4. The van der Waals surface area contributed by atoms with Gasteiger partial charge in [-0.05, 0) is 37.1 Å². The van der Waals surface area contributed by atoms with E-state index in [2.05, 4.69) is 9.97 Å². The van der Waals surface area contributed by atoms with Gasteiger partial charge in [-0.25, -0.2) is 14.8 Å². The fourth-order valence-corrected chi connectivity index (χ4v) is 3.24. The third-order valence-electron chi connectivity index (χ3n) is 3.64. The van der Waals surface area contributed by atoms with Crippen molar-refractivity contribution >= 4 is 45.5 Å². The van der Waals surface area contributed by atoms with Crippen molar-refractivity contribution in [1.82, 2.24) is 9.97 Å². The molecule has 3 rings (SSSR count). The SMILES string of the molecule is CCOC(=O)c1ccc(C)c(/C=C/c2csc3c(N)ncnc23)c1. The van der Waals surface area contributed by atoms with Crippen LogP contribution in [0.3, 0.4) is 0 Å². The summed E-state index contributed by atoms with van der Waals surface area (Å²) in [6, 6.07) is 5.53. The Hall–Kier alpha value is -2.73. The Bertz CT molecular complexity index is 931. The summed E-state index contributed by atoms with van der Waals surface area (Å²) in [4.78, 5) is 20.2. The second-order valence-electron chi connectivity index (χ2n) is 5.25. The van der Waals surface area contributed by atoms with Gasteiger partial charge in [0.25, 0.3) is 0 Å². The lowest BCUT2D eigenvalue weighted by atomic mass is 10.0. The molecule has 0 radical (unpaired) electrons. The third-order valence-corrected chi connectivity index (χ3v) is 4.65. The molecular formula is C18H17N3O2S. The van der Waals surface area contributed by atoms with Crippen molar-refractivity contribution in [3.8, 4) is 0 Å². The number of carbonyl (C=O) groups excluding carboxylic acids is 1. The highest BCUT2D eigenvalue weighted by Crippen LogP contribution is 2.29. The first-order chi connectivity index (χ1) is 11.6. The second kappa shape index (κ2) is 6.80. The van der Waals surface area contributed by atoms with Gasteiger partial charge in [-0.1, -0.05) is 18.2 Å². The van der Waals surface area contributed by atoms with Gasteiger partial charge in [0.15, 0.2) is 0 Å². The molecule has 24 heavy (non-hydrogen) atoms. The Balaban J connectivity index is 1.95. The van der Waals surface area contributed by atoms with Crippen LogP contribution in [0.1, 0.15) is 34.0 Å². The quantitative estimate of drug-likeness (QED) is 0.729. The molecule has 2 N–H and O–H groups in total. The molecule has 0 saturated carbocycles. The van der Waals surface area contributed by atoms with E-state index in [0.717, 1.165) is 26.9 Å². The summed E-state index contributed by atoms with van der Waals surface area (Å²) in [6.07, 6.45) is 5.41. The second-order valence-corrected chi connectivity index (χ2v) is 6.13. The van der Waals surface area contributed by atoms with E-state index < -0.39 is 0 Å². The minimum Gasteiger partial charge on any atom is -0.462 e. The molecule has 0 aliphatic heterocycles. The summed E-state index contributed by atoms with van der Waals surface area (Å²) in [6.45, 7) is 4.16. The number of aromatic nitrogens is 2. The lowest BCUT2D eigenvalue weighted by Crippen LogP contribution is -2.04. The number of nitrogen functional groups attached to an aromatic ring is 1. The molecule has 6 heteroatoms. The number of hydrogen-bond acceptors (Lipinski definition) is 6. The van der Waals surface area contributed by atoms with Gasteiger partial charge in [0, 0.05) is 10.9 Å². The zero-order valence-corrected chi connectivity index (χ0v) is 14.3. The van der Waals surface area contributed by atoms with Crippen LogP contribution in [0.15, 0.2) is 29.9 Å². The summed E-state index contributed by atoms with van der Waals surface area (Å²) in [5.41, 5.74) is 10.3. The molecule has 0 saturated heterocycles. The van der Waals surface area contributed by atoms with Gasteiger partial charge in [-0.3, -0.25) is 0 Å². The molecule has 0 bridgehead atoms. The summed E-state index contributed by atoms with van der Waals surface area (Å²) in [5, 5.41) is 2.00. The molecule has 0 atom stereocenters. The molecular weight excluding hydrogens is 322 g/mol. The maximum absolute atomic E-state index is 11.9. The fourth-order valence-electron chi connectivity index (χ4n) is 2.35. The predicted octanol–water partition coefficient (Wildman–Crippen LogP) is 3.93. The highest BCUT2D eigenvalue weighted by atomic mass is 32.1. The highest BCUT2D eigenvalue weighted by molar-refractivity contribution is 7.18. The number of benzene rings is 1. The Morgan fingerprint density at radius 2 is 2.08 bits per heavy atom. The first-order valence-corrected chi connectivity index (χ1v) is 8.41. The van der Waals surface area contributed by atoms with E-state index in [1.54, 1.807) is 13.0 Å². The Kier molecular flexibility index (Phi) is 4.57. The topological polar surface area (TPSA) is 78.1 Å². The maximum atomic E-state index is 11.9. The van der Waals surface area contributed by atoms with E-state index in [1.165, 1.54) is 17.7 Å². The van der Waals surface area contributed by atoms with Crippen LogP contribution in [0.5, 0.6) is 0 Å². The minimum absolute atomic E-state index is 0.311.